The molecule has 1 aliphatic rings. The van der Waals surface area contributed by atoms with Crippen molar-refractivity contribution in [2.24, 2.45) is 0 Å². The van der Waals surface area contributed by atoms with Gasteiger partial charge in [-0.3, -0.25) is 25.3 Å². The molecule has 0 bridgehead atoms. The van der Waals surface area contributed by atoms with Crippen molar-refractivity contribution in [2.45, 2.75) is 19.9 Å². The Kier molecular flexibility index (Phi) is 5.16. The minimum absolute atomic E-state index is 0.0855. The molecule has 3 N–H and O–H groups in total. The third-order valence-corrected chi connectivity index (χ3v) is 3.39. The van der Waals surface area contributed by atoms with Crippen LogP contribution >= 0.6 is 12.2 Å². The molecule has 0 radical (unpaired) electrons. The van der Waals surface area contributed by atoms with Crippen LogP contribution in [0.2, 0.25) is 0 Å². The lowest BCUT2D eigenvalue weighted by molar-refractivity contribution is -0.127. The monoisotopic (exact) mass is 322 g/mol. The van der Waals surface area contributed by atoms with Gasteiger partial charge in [0.1, 0.15) is 11.8 Å². The summed E-state index contributed by atoms with van der Waals surface area (Å²) in [5, 5.41) is 3.17. The van der Waals surface area contributed by atoms with Crippen LogP contribution in [-0.2, 0) is 9.59 Å². The predicted octanol–water partition coefficient (Wildman–Crippen LogP) is 0.316. The molecular formula is C14H18N4O3S. The van der Waals surface area contributed by atoms with Crippen LogP contribution in [0.25, 0.3) is 0 Å². The van der Waals surface area contributed by atoms with Gasteiger partial charge in [-0.1, -0.05) is 12.1 Å². The Morgan fingerprint density at radius 2 is 2.14 bits per heavy atom. The zero-order chi connectivity index (χ0) is 16.1. The van der Waals surface area contributed by atoms with Gasteiger partial charge < -0.3 is 10.1 Å². The number of para-hydroxylation sites is 2. The van der Waals surface area contributed by atoms with E-state index >= 15 is 0 Å². The molecule has 0 aliphatic carbocycles. The maximum Gasteiger partial charge on any atom is 0.265 e. The lowest BCUT2D eigenvalue weighted by Crippen LogP contribution is -2.56. The number of hydrogen-bond donors (Lipinski definition) is 3. The number of carbonyl (C=O) groups is 2. The van der Waals surface area contributed by atoms with E-state index in [0.717, 1.165) is 0 Å². The van der Waals surface area contributed by atoms with Crippen molar-refractivity contribution in [1.82, 2.24) is 16.2 Å². The number of anilines is 1. The smallest absolute Gasteiger partial charge is 0.265 e. The van der Waals surface area contributed by atoms with Crippen molar-refractivity contribution in [3.05, 3.63) is 24.3 Å². The first-order valence-corrected chi connectivity index (χ1v) is 7.33. The lowest BCUT2D eigenvalue weighted by atomic mass is 10.1. The number of amides is 2. The second-order valence-corrected chi connectivity index (χ2v) is 5.08. The molecular weight excluding hydrogens is 304 g/mol. The summed E-state index contributed by atoms with van der Waals surface area (Å²) < 4.78 is 5.36. The third-order valence-electron chi connectivity index (χ3n) is 3.15. The minimum Gasteiger partial charge on any atom is -0.482 e. The number of ether oxygens (including phenoxy) is 1. The first kappa shape index (κ1) is 16.0. The summed E-state index contributed by atoms with van der Waals surface area (Å²) in [5.74, 6) is -0.0567. The van der Waals surface area contributed by atoms with E-state index in [1.807, 2.05) is 13.0 Å². The van der Waals surface area contributed by atoms with Crippen LogP contribution in [0.5, 0.6) is 5.75 Å². The first-order valence-electron chi connectivity index (χ1n) is 6.92. The summed E-state index contributed by atoms with van der Waals surface area (Å²) in [4.78, 5) is 25.7. The van der Waals surface area contributed by atoms with Crippen LogP contribution in [0.1, 0.15) is 13.8 Å². The zero-order valence-electron chi connectivity index (χ0n) is 12.4. The number of thiocarbonyl (C=S) groups is 1. The van der Waals surface area contributed by atoms with Crippen molar-refractivity contribution < 1.29 is 14.3 Å². The Hall–Kier alpha value is -2.35. The number of hydrazine groups is 1. The number of rotatable bonds is 3. The predicted molar refractivity (Wildman–Crippen MR) is 86.4 cm³/mol. The van der Waals surface area contributed by atoms with E-state index in [1.54, 1.807) is 25.1 Å². The molecule has 0 unspecified atom stereocenters. The SMILES string of the molecule is CCNC(=S)NNC(=O)[C@@H](C)N1C(=O)COc2ccccc21. The molecule has 2 rings (SSSR count). The molecule has 0 aromatic heterocycles. The van der Waals surface area contributed by atoms with E-state index in [9.17, 15) is 9.59 Å². The highest BCUT2D eigenvalue weighted by Crippen LogP contribution is 2.32. The van der Waals surface area contributed by atoms with Gasteiger partial charge in [-0.25, -0.2) is 0 Å². The van der Waals surface area contributed by atoms with Gasteiger partial charge in [-0.05, 0) is 38.2 Å². The van der Waals surface area contributed by atoms with E-state index in [2.05, 4.69) is 16.2 Å². The quantitative estimate of drug-likeness (QED) is 0.549. The third kappa shape index (κ3) is 3.45. The Labute approximate surface area is 134 Å². The fourth-order valence-electron chi connectivity index (χ4n) is 2.09. The Bertz CT molecular complexity index is 593. The zero-order valence-corrected chi connectivity index (χ0v) is 13.2. The van der Waals surface area contributed by atoms with Crippen molar-refractivity contribution >= 4 is 34.8 Å². The Morgan fingerprint density at radius 3 is 2.86 bits per heavy atom. The van der Waals surface area contributed by atoms with Crippen molar-refractivity contribution in [3.63, 3.8) is 0 Å². The summed E-state index contributed by atoms with van der Waals surface area (Å²) in [5.41, 5.74) is 5.66. The fraction of sp³-hybridized carbons (Fsp3) is 0.357. The summed E-state index contributed by atoms with van der Waals surface area (Å²) in [6, 6.07) is 6.41. The van der Waals surface area contributed by atoms with Crippen molar-refractivity contribution in [1.29, 1.82) is 0 Å². The topological polar surface area (TPSA) is 82.7 Å². The summed E-state index contributed by atoms with van der Waals surface area (Å²) in [7, 11) is 0. The minimum atomic E-state index is -0.700. The fourth-order valence-corrected chi connectivity index (χ4v) is 2.29. The number of benzene rings is 1. The largest absolute Gasteiger partial charge is 0.482 e. The van der Waals surface area contributed by atoms with Crippen LogP contribution in [-0.4, -0.2) is 36.1 Å². The van der Waals surface area contributed by atoms with Crippen molar-refractivity contribution in [3.8, 4) is 5.75 Å². The van der Waals surface area contributed by atoms with Gasteiger partial charge in [-0.15, -0.1) is 0 Å². The number of nitrogens with zero attached hydrogens (tertiary/aromatic N) is 1. The van der Waals surface area contributed by atoms with E-state index in [1.165, 1.54) is 4.90 Å². The second kappa shape index (κ2) is 7.08. The average molecular weight is 322 g/mol. The molecule has 0 fully saturated rings. The van der Waals surface area contributed by atoms with Crippen molar-refractivity contribution in [2.75, 3.05) is 18.1 Å². The molecule has 1 aromatic carbocycles. The molecule has 1 aromatic rings. The van der Waals surface area contributed by atoms with Crippen LogP contribution in [0.15, 0.2) is 24.3 Å². The molecule has 7 nitrogen and oxygen atoms in total. The van der Waals surface area contributed by atoms with Gasteiger partial charge in [0.05, 0.1) is 5.69 Å². The standard InChI is InChI=1S/C14H18N4O3S/c1-3-15-14(22)17-16-13(20)9(2)18-10-6-4-5-7-11(10)21-8-12(18)19/h4-7,9H,3,8H2,1-2H3,(H,16,20)(H2,15,17,22)/t9-/m1/s1. The summed E-state index contributed by atoms with van der Waals surface area (Å²) in [6.07, 6.45) is 0. The Morgan fingerprint density at radius 1 is 1.41 bits per heavy atom. The highest BCUT2D eigenvalue weighted by Gasteiger charge is 2.32. The molecule has 1 heterocycles. The Balaban J connectivity index is 2.08. The van der Waals surface area contributed by atoms with E-state index in [0.29, 0.717) is 23.1 Å². The van der Waals surface area contributed by atoms with Gasteiger partial charge in [0.25, 0.3) is 11.8 Å². The van der Waals surface area contributed by atoms with Gasteiger partial charge in [-0.2, -0.15) is 0 Å². The van der Waals surface area contributed by atoms with Gasteiger partial charge >= 0.3 is 0 Å². The molecule has 118 valence electrons. The number of fused-ring (bicyclic) bond motifs is 1. The second-order valence-electron chi connectivity index (χ2n) is 4.67. The number of carbonyl (C=O) groups excluding carboxylic acids is 2. The molecule has 0 saturated heterocycles. The van der Waals surface area contributed by atoms with E-state index in [4.69, 9.17) is 17.0 Å². The normalized spacial score (nSPS) is 14.5. The van der Waals surface area contributed by atoms with Gasteiger partial charge in [0.15, 0.2) is 11.7 Å². The van der Waals surface area contributed by atoms with E-state index in [-0.39, 0.29) is 18.4 Å². The first-order chi connectivity index (χ1) is 10.5. The van der Waals surface area contributed by atoms with Crippen LogP contribution in [0.3, 0.4) is 0 Å². The number of nitrogens with one attached hydrogen (secondary N) is 3. The van der Waals surface area contributed by atoms with Gasteiger partial charge in [0, 0.05) is 6.54 Å². The maximum absolute atomic E-state index is 12.2. The summed E-state index contributed by atoms with van der Waals surface area (Å²) in [6.45, 7) is 4.10. The van der Waals surface area contributed by atoms with Gasteiger partial charge in [0.2, 0.25) is 0 Å². The average Bonchev–Trinajstić information content (AvgIpc) is 2.52. The molecule has 2 amide bonds. The highest BCUT2D eigenvalue weighted by molar-refractivity contribution is 7.80. The van der Waals surface area contributed by atoms with E-state index < -0.39 is 6.04 Å². The lowest BCUT2D eigenvalue weighted by Gasteiger charge is -2.33. The van der Waals surface area contributed by atoms with Crippen LogP contribution in [0.4, 0.5) is 5.69 Å². The molecule has 1 aliphatic heterocycles. The molecule has 1 atom stereocenters. The maximum atomic E-state index is 12.2. The summed E-state index contributed by atoms with van der Waals surface area (Å²) >= 11 is 4.96. The van der Waals surface area contributed by atoms with Crippen LogP contribution < -0.4 is 25.8 Å². The molecule has 0 saturated carbocycles. The highest BCUT2D eigenvalue weighted by atomic mass is 32.1. The molecule has 8 heteroatoms. The van der Waals surface area contributed by atoms with Crippen LogP contribution in [0, 0.1) is 0 Å². The molecule has 0 spiro atoms. The molecule has 22 heavy (non-hydrogen) atoms. The number of hydrogen-bond acceptors (Lipinski definition) is 4.